The number of rotatable bonds is 9. The van der Waals surface area contributed by atoms with Crippen LogP contribution in [-0.4, -0.2) is 97.7 Å². The molecule has 3 amide bonds. The van der Waals surface area contributed by atoms with Gasteiger partial charge in [-0.2, -0.15) is 0 Å². The molecule has 3 unspecified atom stereocenters. The highest BCUT2D eigenvalue weighted by molar-refractivity contribution is 9.09. The molecule has 2 bridgehead atoms. The van der Waals surface area contributed by atoms with E-state index in [0.717, 1.165) is 0 Å². The summed E-state index contributed by atoms with van der Waals surface area (Å²) in [5.41, 5.74) is 0. The van der Waals surface area contributed by atoms with Gasteiger partial charge in [0, 0.05) is 42.8 Å². The third kappa shape index (κ3) is 3.76. The Labute approximate surface area is 197 Å². The first-order valence-corrected chi connectivity index (χ1v) is 12.5. The number of alkyl halides is 1. The maximum Gasteiger partial charge on any atom is 0.247 e. The summed E-state index contributed by atoms with van der Waals surface area (Å²) in [7, 11) is 1.72. The first-order valence-electron chi connectivity index (χ1n) is 10.7. The molecule has 3 aliphatic heterocycles. The maximum absolute atomic E-state index is 13.8. The van der Waals surface area contributed by atoms with Crippen LogP contribution < -0.4 is 0 Å². The third-order valence-electron chi connectivity index (χ3n) is 6.66. The van der Waals surface area contributed by atoms with E-state index in [1.807, 2.05) is 13.8 Å². The van der Waals surface area contributed by atoms with Crippen LogP contribution in [0, 0.1) is 11.8 Å². The van der Waals surface area contributed by atoms with Crippen molar-refractivity contribution >= 4 is 45.4 Å². The Balaban J connectivity index is 2.06. The molecule has 0 saturated carbocycles. The number of halogens is 1. The van der Waals surface area contributed by atoms with Crippen molar-refractivity contribution in [3.63, 3.8) is 0 Å². The second-order valence-electron chi connectivity index (χ2n) is 8.80. The Hall–Kier alpha value is -1.32. The summed E-state index contributed by atoms with van der Waals surface area (Å²) in [5.74, 6) is -1.51. The summed E-state index contributed by atoms with van der Waals surface area (Å²) >= 11 is 5.35. The lowest BCUT2D eigenvalue weighted by Gasteiger charge is -2.39. The SMILES string of the molecule is C=CCN(C)C(=O)[C@H]1[C@H]2C(=O)N(CCO)C(C(=O)N(CC=C)C(C)C)C23CC(Br)[C@@H]1S3. The lowest BCUT2D eigenvalue weighted by atomic mass is 9.70. The monoisotopic (exact) mass is 513 g/mol. The van der Waals surface area contributed by atoms with Gasteiger partial charge in [0.2, 0.25) is 17.7 Å². The van der Waals surface area contributed by atoms with Gasteiger partial charge in [-0.15, -0.1) is 24.9 Å². The molecule has 1 N–H and O–H groups in total. The van der Waals surface area contributed by atoms with Crippen LogP contribution in [-0.2, 0) is 14.4 Å². The molecule has 1 spiro atoms. The minimum absolute atomic E-state index is 0.0314. The summed E-state index contributed by atoms with van der Waals surface area (Å²) in [6.07, 6.45) is 3.98. The van der Waals surface area contributed by atoms with Gasteiger partial charge in [-0.3, -0.25) is 14.4 Å². The number of likely N-dealkylation sites (N-methyl/N-ethyl adjacent to an activating group) is 1. The van der Waals surface area contributed by atoms with Gasteiger partial charge in [-0.05, 0) is 20.3 Å². The van der Waals surface area contributed by atoms with Crippen LogP contribution in [0.4, 0.5) is 0 Å². The molecule has 6 atom stereocenters. The predicted octanol–water partition coefficient (Wildman–Crippen LogP) is 1.51. The molecule has 0 aromatic heterocycles. The van der Waals surface area contributed by atoms with Crippen LogP contribution >= 0.6 is 27.7 Å². The summed E-state index contributed by atoms with van der Waals surface area (Å²) in [5, 5.41) is 9.60. The Morgan fingerprint density at radius 1 is 1.32 bits per heavy atom. The first-order chi connectivity index (χ1) is 14.7. The molecule has 9 heteroatoms. The van der Waals surface area contributed by atoms with E-state index in [-0.39, 0.29) is 47.0 Å². The highest BCUT2D eigenvalue weighted by atomic mass is 79.9. The Bertz CT molecular complexity index is 778. The summed E-state index contributed by atoms with van der Waals surface area (Å²) in [4.78, 5) is 45.7. The molecule has 0 aromatic carbocycles. The topological polar surface area (TPSA) is 81.2 Å². The molecular weight excluding hydrogens is 482 g/mol. The second-order valence-corrected chi connectivity index (χ2v) is 11.5. The van der Waals surface area contributed by atoms with Gasteiger partial charge in [-0.1, -0.05) is 28.1 Å². The van der Waals surface area contributed by atoms with Gasteiger partial charge in [0.1, 0.15) is 6.04 Å². The van der Waals surface area contributed by atoms with Crippen LogP contribution in [0.3, 0.4) is 0 Å². The first kappa shape index (κ1) is 24.3. The van der Waals surface area contributed by atoms with Crippen molar-refractivity contribution in [2.24, 2.45) is 11.8 Å². The number of nitrogens with zero attached hydrogens (tertiary/aromatic N) is 3. The molecule has 0 aliphatic carbocycles. The van der Waals surface area contributed by atoms with Gasteiger partial charge in [-0.25, -0.2) is 0 Å². The average Bonchev–Trinajstić information content (AvgIpc) is 3.29. The number of aliphatic hydroxyl groups excluding tert-OH is 1. The molecule has 3 heterocycles. The smallest absolute Gasteiger partial charge is 0.247 e. The number of hydrogen-bond acceptors (Lipinski definition) is 5. The number of aliphatic hydroxyl groups is 1. The normalized spacial score (nSPS) is 33.5. The van der Waals surface area contributed by atoms with Crippen molar-refractivity contribution in [3.05, 3.63) is 25.3 Å². The fourth-order valence-electron chi connectivity index (χ4n) is 5.43. The van der Waals surface area contributed by atoms with Crippen LogP contribution in [0.15, 0.2) is 25.3 Å². The predicted molar refractivity (Wildman–Crippen MR) is 126 cm³/mol. The molecule has 7 nitrogen and oxygen atoms in total. The van der Waals surface area contributed by atoms with Crippen molar-refractivity contribution in [2.45, 2.75) is 47.2 Å². The van der Waals surface area contributed by atoms with Crippen molar-refractivity contribution in [3.8, 4) is 0 Å². The molecule has 3 saturated heterocycles. The zero-order chi connectivity index (χ0) is 23.1. The highest BCUT2D eigenvalue weighted by Crippen LogP contribution is 2.68. The molecule has 0 radical (unpaired) electrons. The number of carbonyl (C=O) groups is 3. The van der Waals surface area contributed by atoms with E-state index in [1.165, 1.54) is 4.90 Å². The van der Waals surface area contributed by atoms with Crippen molar-refractivity contribution < 1.29 is 19.5 Å². The molecule has 3 fully saturated rings. The van der Waals surface area contributed by atoms with E-state index in [4.69, 9.17) is 0 Å². The fourth-order valence-corrected chi connectivity index (χ4v) is 9.03. The standard InChI is InChI=1S/C22H32BrN3O4S/c1-6-8-24(5)19(28)15-16-20(29)26(10-11-27)18(21(30)25(9-7-2)13(3)4)22(16)12-14(23)17(15)31-22/h6-7,13-18,27H,1-2,8-12H2,3-5H3/t14?,15-,16-,17-,18?,22?/m0/s1. The number of carbonyl (C=O) groups excluding carboxylic acids is 3. The van der Waals surface area contributed by atoms with Gasteiger partial charge in [0.25, 0.3) is 0 Å². The number of amides is 3. The van der Waals surface area contributed by atoms with Crippen LogP contribution in [0.5, 0.6) is 0 Å². The zero-order valence-electron chi connectivity index (χ0n) is 18.4. The number of hydrogen-bond donors (Lipinski definition) is 1. The van der Waals surface area contributed by atoms with Crippen LogP contribution in [0.2, 0.25) is 0 Å². The number of fused-ring (bicyclic) bond motifs is 1. The maximum atomic E-state index is 13.8. The van der Waals surface area contributed by atoms with Crippen LogP contribution in [0.1, 0.15) is 20.3 Å². The minimum atomic E-state index is -0.711. The minimum Gasteiger partial charge on any atom is -0.395 e. The van der Waals surface area contributed by atoms with Crippen molar-refractivity contribution in [2.75, 3.05) is 33.3 Å². The lowest BCUT2D eigenvalue weighted by Crippen LogP contribution is -2.57. The largest absolute Gasteiger partial charge is 0.395 e. The zero-order valence-corrected chi connectivity index (χ0v) is 20.8. The fraction of sp³-hybridized carbons (Fsp3) is 0.682. The lowest BCUT2D eigenvalue weighted by molar-refractivity contribution is -0.145. The van der Waals surface area contributed by atoms with Crippen molar-refractivity contribution in [1.29, 1.82) is 0 Å². The van der Waals surface area contributed by atoms with Gasteiger partial charge < -0.3 is 19.8 Å². The van der Waals surface area contributed by atoms with Gasteiger partial charge >= 0.3 is 0 Å². The molecule has 3 rings (SSSR count). The van der Waals surface area contributed by atoms with Crippen LogP contribution in [0.25, 0.3) is 0 Å². The third-order valence-corrected chi connectivity index (χ3v) is 9.88. The van der Waals surface area contributed by atoms with E-state index in [0.29, 0.717) is 19.5 Å². The van der Waals surface area contributed by atoms with E-state index in [2.05, 4.69) is 29.1 Å². The van der Waals surface area contributed by atoms with E-state index in [9.17, 15) is 19.5 Å². The summed E-state index contributed by atoms with van der Waals surface area (Å²) < 4.78 is -0.689. The Morgan fingerprint density at radius 3 is 2.52 bits per heavy atom. The molecule has 31 heavy (non-hydrogen) atoms. The van der Waals surface area contributed by atoms with Gasteiger partial charge in [0.15, 0.2) is 0 Å². The molecule has 172 valence electrons. The average molecular weight is 514 g/mol. The number of thioether (sulfide) groups is 1. The molecule has 3 aliphatic rings. The number of likely N-dealkylation sites (tertiary alicyclic amines) is 1. The Kier molecular flexibility index (Phi) is 7.28. The molecule has 0 aromatic rings. The Morgan fingerprint density at radius 2 is 1.97 bits per heavy atom. The second kappa shape index (κ2) is 9.27. The summed E-state index contributed by atoms with van der Waals surface area (Å²) in [6, 6.07) is -0.774. The van der Waals surface area contributed by atoms with E-state index >= 15 is 0 Å². The van der Waals surface area contributed by atoms with E-state index < -0.39 is 22.6 Å². The summed E-state index contributed by atoms with van der Waals surface area (Å²) in [6.45, 7) is 12.0. The highest BCUT2D eigenvalue weighted by Gasteiger charge is 2.75. The van der Waals surface area contributed by atoms with Crippen molar-refractivity contribution in [1.82, 2.24) is 14.7 Å². The quantitative estimate of drug-likeness (QED) is 0.373. The van der Waals surface area contributed by atoms with Gasteiger partial charge in [0.05, 0.1) is 23.2 Å². The number of β-amino-alcohol motifs (C(OH)–C–C–N with tert-alkyl or cyclic N) is 1. The van der Waals surface area contributed by atoms with E-state index in [1.54, 1.807) is 40.8 Å². The molecular formula is C22H32BrN3O4S.